The van der Waals surface area contributed by atoms with E-state index >= 15 is 0 Å². The molecule has 1 heterocycles. The Kier molecular flexibility index (Phi) is 4.00. The van der Waals surface area contributed by atoms with Crippen LogP contribution in [0, 0.1) is 12.7 Å². The van der Waals surface area contributed by atoms with E-state index < -0.39 is 6.10 Å². The first-order chi connectivity index (χ1) is 9.06. The zero-order valence-electron chi connectivity index (χ0n) is 11.5. The molecule has 1 N–H and O–H groups in total. The molecular formula is C15H19FN2O. The summed E-state index contributed by atoms with van der Waals surface area (Å²) >= 11 is 0. The maximum atomic E-state index is 13.3. The van der Waals surface area contributed by atoms with Gasteiger partial charge in [-0.1, -0.05) is 13.0 Å². The third kappa shape index (κ3) is 2.68. The predicted octanol–water partition coefficient (Wildman–Crippen LogP) is 2.99. The van der Waals surface area contributed by atoms with Gasteiger partial charge in [-0.15, -0.1) is 0 Å². The first kappa shape index (κ1) is 13.7. The van der Waals surface area contributed by atoms with E-state index in [-0.39, 0.29) is 5.82 Å². The number of rotatable bonds is 4. The molecule has 102 valence electrons. The molecule has 1 unspecified atom stereocenters. The van der Waals surface area contributed by atoms with Crippen molar-refractivity contribution in [3.63, 3.8) is 0 Å². The predicted molar refractivity (Wildman–Crippen MR) is 72.5 cm³/mol. The Morgan fingerprint density at radius 2 is 2.05 bits per heavy atom. The molecule has 0 aliphatic carbocycles. The van der Waals surface area contributed by atoms with Crippen LogP contribution in [-0.4, -0.2) is 14.9 Å². The van der Waals surface area contributed by atoms with Gasteiger partial charge in [0.15, 0.2) is 0 Å². The summed E-state index contributed by atoms with van der Waals surface area (Å²) in [5.74, 6) is -0.335. The molecule has 1 aromatic heterocycles. The number of nitrogens with zero attached hydrogens (tertiary/aromatic N) is 2. The van der Waals surface area contributed by atoms with Crippen molar-refractivity contribution in [2.24, 2.45) is 0 Å². The molecule has 0 saturated heterocycles. The Bertz CT molecular complexity index is 578. The van der Waals surface area contributed by atoms with Crippen LogP contribution in [0.25, 0.3) is 0 Å². The van der Waals surface area contributed by atoms with Crippen LogP contribution in [0.5, 0.6) is 0 Å². The van der Waals surface area contributed by atoms with Crippen LogP contribution in [0.15, 0.2) is 24.3 Å². The van der Waals surface area contributed by atoms with E-state index in [1.165, 1.54) is 12.1 Å². The molecule has 0 radical (unpaired) electrons. The molecule has 0 saturated carbocycles. The van der Waals surface area contributed by atoms with Crippen molar-refractivity contribution in [2.75, 3.05) is 0 Å². The molecule has 2 aromatic rings. The standard InChI is InChI=1S/C15H19FN2O/c1-4-12-9-14(18(5-2)17-12)15(19)13-8-11(16)7-6-10(13)3/h6-9,15,19H,4-5H2,1-3H3. The minimum Gasteiger partial charge on any atom is -0.382 e. The smallest absolute Gasteiger partial charge is 0.123 e. The van der Waals surface area contributed by atoms with Crippen molar-refractivity contribution < 1.29 is 9.50 Å². The Balaban J connectivity index is 2.45. The van der Waals surface area contributed by atoms with Gasteiger partial charge in [0.05, 0.1) is 11.4 Å². The lowest BCUT2D eigenvalue weighted by molar-refractivity contribution is 0.207. The van der Waals surface area contributed by atoms with Crippen molar-refractivity contribution in [2.45, 2.75) is 39.8 Å². The molecule has 0 fully saturated rings. The van der Waals surface area contributed by atoms with Crippen molar-refractivity contribution in [1.82, 2.24) is 9.78 Å². The second kappa shape index (κ2) is 5.53. The number of aliphatic hydroxyl groups excluding tert-OH is 1. The van der Waals surface area contributed by atoms with Crippen molar-refractivity contribution in [1.29, 1.82) is 0 Å². The van der Waals surface area contributed by atoms with Gasteiger partial charge in [0.25, 0.3) is 0 Å². The Morgan fingerprint density at radius 3 is 2.68 bits per heavy atom. The molecule has 3 nitrogen and oxygen atoms in total. The number of aryl methyl sites for hydroxylation is 3. The lowest BCUT2D eigenvalue weighted by Gasteiger charge is -2.15. The van der Waals surface area contributed by atoms with Crippen LogP contribution < -0.4 is 0 Å². The highest BCUT2D eigenvalue weighted by Gasteiger charge is 2.19. The van der Waals surface area contributed by atoms with Gasteiger partial charge in [-0.3, -0.25) is 4.68 Å². The Morgan fingerprint density at radius 1 is 1.32 bits per heavy atom. The summed E-state index contributed by atoms with van der Waals surface area (Å²) < 4.78 is 15.1. The van der Waals surface area contributed by atoms with Gasteiger partial charge >= 0.3 is 0 Å². The van der Waals surface area contributed by atoms with Gasteiger partial charge in [0.1, 0.15) is 11.9 Å². The summed E-state index contributed by atoms with van der Waals surface area (Å²) in [4.78, 5) is 0. The number of hydrogen-bond acceptors (Lipinski definition) is 2. The SMILES string of the molecule is CCc1cc(C(O)c2cc(F)ccc2C)n(CC)n1. The van der Waals surface area contributed by atoms with Gasteiger partial charge in [-0.05, 0) is 49.6 Å². The summed E-state index contributed by atoms with van der Waals surface area (Å²) in [5, 5.41) is 14.9. The fraction of sp³-hybridized carbons (Fsp3) is 0.400. The van der Waals surface area contributed by atoms with E-state index in [1.807, 2.05) is 26.8 Å². The first-order valence-corrected chi connectivity index (χ1v) is 6.57. The van der Waals surface area contributed by atoms with Gasteiger partial charge in [-0.25, -0.2) is 4.39 Å². The summed E-state index contributed by atoms with van der Waals surface area (Å²) in [6, 6.07) is 6.36. The molecule has 0 amide bonds. The molecule has 2 rings (SSSR count). The normalized spacial score (nSPS) is 12.7. The van der Waals surface area contributed by atoms with Gasteiger partial charge < -0.3 is 5.11 Å². The molecule has 0 aliphatic rings. The van der Waals surface area contributed by atoms with Gasteiger partial charge in [0.2, 0.25) is 0 Å². The lowest BCUT2D eigenvalue weighted by Crippen LogP contribution is -2.10. The number of aliphatic hydroxyl groups is 1. The van der Waals surface area contributed by atoms with Crippen molar-refractivity contribution >= 4 is 0 Å². The molecule has 0 spiro atoms. The number of benzene rings is 1. The van der Waals surface area contributed by atoms with E-state index in [2.05, 4.69) is 5.10 Å². The minimum absolute atomic E-state index is 0.335. The molecule has 4 heteroatoms. The molecule has 1 atom stereocenters. The second-order valence-corrected chi connectivity index (χ2v) is 4.63. The maximum absolute atomic E-state index is 13.3. The highest BCUT2D eigenvalue weighted by atomic mass is 19.1. The van der Waals surface area contributed by atoms with Crippen LogP contribution in [-0.2, 0) is 13.0 Å². The zero-order valence-corrected chi connectivity index (χ0v) is 11.5. The third-order valence-electron chi connectivity index (χ3n) is 3.34. The van der Waals surface area contributed by atoms with Crippen LogP contribution in [0.1, 0.15) is 42.5 Å². The highest BCUT2D eigenvalue weighted by molar-refractivity contribution is 5.34. The fourth-order valence-corrected chi connectivity index (χ4v) is 2.20. The summed E-state index contributed by atoms with van der Waals surface area (Å²) in [6.07, 6.45) is -0.0297. The maximum Gasteiger partial charge on any atom is 0.123 e. The fourth-order valence-electron chi connectivity index (χ4n) is 2.20. The van der Waals surface area contributed by atoms with E-state index in [0.717, 1.165) is 17.7 Å². The first-order valence-electron chi connectivity index (χ1n) is 6.57. The summed E-state index contributed by atoms with van der Waals surface area (Å²) in [6.45, 7) is 6.54. The monoisotopic (exact) mass is 262 g/mol. The van der Waals surface area contributed by atoms with Crippen molar-refractivity contribution in [3.05, 3.63) is 52.6 Å². The highest BCUT2D eigenvalue weighted by Crippen LogP contribution is 2.26. The topological polar surface area (TPSA) is 38.0 Å². The largest absolute Gasteiger partial charge is 0.382 e. The number of aromatic nitrogens is 2. The molecular weight excluding hydrogens is 243 g/mol. The number of hydrogen-bond donors (Lipinski definition) is 1. The molecule has 0 bridgehead atoms. The summed E-state index contributed by atoms with van der Waals surface area (Å²) in [7, 11) is 0. The summed E-state index contributed by atoms with van der Waals surface area (Å²) in [5.41, 5.74) is 3.12. The van der Waals surface area contributed by atoms with E-state index in [1.54, 1.807) is 10.7 Å². The Labute approximate surface area is 112 Å². The molecule has 1 aromatic carbocycles. The quantitative estimate of drug-likeness (QED) is 0.919. The average Bonchev–Trinajstić information content (AvgIpc) is 2.84. The van der Waals surface area contributed by atoms with Crippen LogP contribution in [0.4, 0.5) is 4.39 Å². The zero-order chi connectivity index (χ0) is 14.0. The minimum atomic E-state index is -0.844. The average molecular weight is 262 g/mol. The van der Waals surface area contributed by atoms with E-state index in [9.17, 15) is 9.50 Å². The molecule has 19 heavy (non-hydrogen) atoms. The second-order valence-electron chi connectivity index (χ2n) is 4.63. The van der Waals surface area contributed by atoms with Gasteiger partial charge in [-0.2, -0.15) is 5.10 Å². The van der Waals surface area contributed by atoms with Crippen molar-refractivity contribution in [3.8, 4) is 0 Å². The number of halogens is 1. The van der Waals surface area contributed by atoms with E-state index in [0.29, 0.717) is 17.8 Å². The van der Waals surface area contributed by atoms with Gasteiger partial charge in [0, 0.05) is 6.54 Å². The van der Waals surface area contributed by atoms with E-state index in [4.69, 9.17) is 0 Å². The Hall–Kier alpha value is -1.68. The van der Waals surface area contributed by atoms with Crippen LogP contribution >= 0.6 is 0 Å². The third-order valence-corrected chi connectivity index (χ3v) is 3.34. The van der Waals surface area contributed by atoms with Crippen LogP contribution in [0.3, 0.4) is 0 Å². The lowest BCUT2D eigenvalue weighted by atomic mass is 10.0. The molecule has 0 aliphatic heterocycles. The van der Waals surface area contributed by atoms with Crippen LogP contribution in [0.2, 0.25) is 0 Å².